The Labute approximate surface area is 132 Å². The van der Waals surface area contributed by atoms with Gasteiger partial charge in [-0.25, -0.2) is 8.42 Å². The molecule has 5 heteroatoms. The summed E-state index contributed by atoms with van der Waals surface area (Å²) in [5.74, 6) is 0.781. The van der Waals surface area contributed by atoms with E-state index in [9.17, 15) is 8.42 Å². The van der Waals surface area contributed by atoms with Gasteiger partial charge in [0.15, 0.2) is 0 Å². The molecule has 2 aromatic rings. The number of nitrogens with zero attached hydrogens (tertiary/aromatic N) is 1. The van der Waals surface area contributed by atoms with Crippen LogP contribution in [-0.4, -0.2) is 32.9 Å². The molecule has 0 aliphatic carbocycles. The van der Waals surface area contributed by atoms with Crippen LogP contribution in [0.1, 0.15) is 11.1 Å². The van der Waals surface area contributed by atoms with Gasteiger partial charge in [0.05, 0.1) is 4.90 Å². The van der Waals surface area contributed by atoms with Crippen LogP contribution in [-0.2, 0) is 10.0 Å². The second kappa shape index (κ2) is 6.94. The molecule has 0 fully saturated rings. The van der Waals surface area contributed by atoms with Gasteiger partial charge in [0.25, 0.3) is 0 Å². The van der Waals surface area contributed by atoms with E-state index < -0.39 is 10.0 Å². The topological polar surface area (TPSA) is 46.6 Å². The summed E-state index contributed by atoms with van der Waals surface area (Å²) in [5.41, 5.74) is 2.07. The molecule has 0 aromatic heterocycles. The third-order valence-corrected chi connectivity index (χ3v) is 5.36. The number of hydrogen-bond acceptors (Lipinski definition) is 3. The van der Waals surface area contributed by atoms with Gasteiger partial charge in [0, 0.05) is 13.6 Å². The van der Waals surface area contributed by atoms with Crippen LogP contribution in [0, 0.1) is 13.8 Å². The predicted molar refractivity (Wildman–Crippen MR) is 87.7 cm³/mol. The number of sulfonamides is 1. The molecule has 2 aromatic carbocycles. The van der Waals surface area contributed by atoms with Crippen LogP contribution in [0.2, 0.25) is 0 Å². The van der Waals surface area contributed by atoms with Crippen molar-refractivity contribution in [2.45, 2.75) is 18.7 Å². The van der Waals surface area contributed by atoms with Crippen LogP contribution >= 0.6 is 0 Å². The second-order valence-electron chi connectivity index (χ2n) is 5.25. The van der Waals surface area contributed by atoms with Crippen molar-refractivity contribution in [2.75, 3.05) is 20.2 Å². The van der Waals surface area contributed by atoms with Crippen LogP contribution in [0.4, 0.5) is 0 Å². The molecule has 0 saturated carbocycles. The highest BCUT2D eigenvalue weighted by atomic mass is 32.2. The summed E-state index contributed by atoms with van der Waals surface area (Å²) >= 11 is 0. The molecular formula is C17H21NO3S. The van der Waals surface area contributed by atoms with Gasteiger partial charge in [0.1, 0.15) is 12.4 Å². The smallest absolute Gasteiger partial charge is 0.242 e. The minimum Gasteiger partial charge on any atom is -0.492 e. The lowest BCUT2D eigenvalue weighted by atomic mass is 10.2. The Morgan fingerprint density at radius 3 is 2.27 bits per heavy atom. The lowest BCUT2D eigenvalue weighted by Crippen LogP contribution is -2.31. The van der Waals surface area contributed by atoms with E-state index in [1.165, 1.54) is 4.31 Å². The van der Waals surface area contributed by atoms with Crippen molar-refractivity contribution >= 4 is 10.0 Å². The summed E-state index contributed by atoms with van der Waals surface area (Å²) < 4.78 is 31.8. The van der Waals surface area contributed by atoms with Gasteiger partial charge in [-0.3, -0.25) is 0 Å². The van der Waals surface area contributed by atoms with Crippen molar-refractivity contribution < 1.29 is 13.2 Å². The highest BCUT2D eigenvalue weighted by Gasteiger charge is 2.20. The van der Waals surface area contributed by atoms with Crippen molar-refractivity contribution in [1.29, 1.82) is 0 Å². The predicted octanol–water partition coefficient (Wildman–Crippen LogP) is 3.00. The lowest BCUT2D eigenvalue weighted by molar-refractivity contribution is 0.285. The second-order valence-corrected chi connectivity index (χ2v) is 7.30. The van der Waals surface area contributed by atoms with E-state index in [-0.39, 0.29) is 0 Å². The normalized spacial score (nSPS) is 11.6. The Morgan fingerprint density at radius 2 is 1.64 bits per heavy atom. The average molecular weight is 319 g/mol. The van der Waals surface area contributed by atoms with Gasteiger partial charge < -0.3 is 4.74 Å². The van der Waals surface area contributed by atoms with Gasteiger partial charge in [-0.2, -0.15) is 4.31 Å². The molecule has 0 unspecified atom stereocenters. The molecule has 0 radical (unpaired) electrons. The summed E-state index contributed by atoms with van der Waals surface area (Å²) in [6.45, 7) is 4.50. The number of hydrogen-bond donors (Lipinski definition) is 0. The fraction of sp³-hybridized carbons (Fsp3) is 0.294. The van der Waals surface area contributed by atoms with Crippen molar-refractivity contribution in [1.82, 2.24) is 4.31 Å². The van der Waals surface area contributed by atoms with E-state index in [0.717, 1.165) is 16.9 Å². The molecule has 0 saturated heterocycles. The zero-order chi connectivity index (χ0) is 16.2. The van der Waals surface area contributed by atoms with Crippen LogP contribution in [0.15, 0.2) is 53.4 Å². The molecule has 2 rings (SSSR count). The summed E-state index contributed by atoms with van der Waals surface area (Å²) in [6, 6.07) is 14.5. The number of rotatable bonds is 6. The van der Waals surface area contributed by atoms with Crippen LogP contribution in [0.5, 0.6) is 5.75 Å². The van der Waals surface area contributed by atoms with Crippen molar-refractivity contribution in [2.24, 2.45) is 0 Å². The molecule has 0 atom stereocenters. The molecule has 0 aliphatic heterocycles. The highest BCUT2D eigenvalue weighted by Crippen LogP contribution is 2.17. The van der Waals surface area contributed by atoms with Gasteiger partial charge in [-0.05, 0) is 37.6 Å². The minimum absolute atomic E-state index is 0.296. The average Bonchev–Trinajstić information content (AvgIpc) is 2.49. The third-order valence-electron chi connectivity index (χ3n) is 3.49. The molecule has 0 heterocycles. The van der Waals surface area contributed by atoms with E-state index in [1.54, 1.807) is 31.3 Å². The molecule has 0 N–H and O–H groups in total. The molecule has 0 aliphatic rings. The molecule has 4 nitrogen and oxygen atoms in total. The van der Waals surface area contributed by atoms with Crippen LogP contribution in [0.25, 0.3) is 0 Å². The Bertz CT molecular complexity index is 724. The first-order valence-corrected chi connectivity index (χ1v) is 8.57. The fourth-order valence-electron chi connectivity index (χ4n) is 2.01. The maximum absolute atomic E-state index is 12.4. The monoisotopic (exact) mass is 319 g/mol. The van der Waals surface area contributed by atoms with E-state index in [1.807, 2.05) is 38.1 Å². The summed E-state index contributed by atoms with van der Waals surface area (Å²) in [4.78, 5) is 0.302. The standard InChI is InChI=1S/C17H21NO3S/c1-14-8-10-16(11-9-14)22(19,20)18(3)12-13-21-17-7-5-4-6-15(17)2/h4-11H,12-13H2,1-3H3. The molecule has 0 spiro atoms. The Kier molecular flexibility index (Phi) is 5.21. The first-order valence-electron chi connectivity index (χ1n) is 7.12. The van der Waals surface area contributed by atoms with E-state index >= 15 is 0 Å². The van der Waals surface area contributed by atoms with E-state index in [4.69, 9.17) is 4.74 Å². The van der Waals surface area contributed by atoms with Crippen molar-refractivity contribution in [3.8, 4) is 5.75 Å². The summed E-state index contributed by atoms with van der Waals surface area (Å²) in [5, 5.41) is 0. The summed E-state index contributed by atoms with van der Waals surface area (Å²) in [7, 11) is -1.90. The fourth-order valence-corrected chi connectivity index (χ4v) is 3.17. The van der Waals surface area contributed by atoms with Gasteiger partial charge in [-0.1, -0.05) is 35.9 Å². The maximum Gasteiger partial charge on any atom is 0.242 e. The molecule has 0 bridgehead atoms. The first kappa shape index (κ1) is 16.5. The SMILES string of the molecule is Cc1ccc(S(=O)(=O)N(C)CCOc2ccccc2C)cc1. The number of likely N-dealkylation sites (N-methyl/N-ethyl adjacent to an activating group) is 1. The van der Waals surface area contributed by atoms with Crippen LogP contribution < -0.4 is 4.74 Å². The first-order chi connectivity index (χ1) is 10.4. The van der Waals surface area contributed by atoms with Crippen LogP contribution in [0.3, 0.4) is 0 Å². The number of para-hydroxylation sites is 1. The number of benzene rings is 2. The maximum atomic E-state index is 12.4. The third kappa shape index (κ3) is 3.87. The molecule has 118 valence electrons. The minimum atomic E-state index is -3.47. The lowest BCUT2D eigenvalue weighted by Gasteiger charge is -2.18. The van der Waals surface area contributed by atoms with Gasteiger partial charge in [-0.15, -0.1) is 0 Å². The number of ether oxygens (including phenoxy) is 1. The zero-order valence-electron chi connectivity index (χ0n) is 13.1. The Hall–Kier alpha value is -1.85. The summed E-state index contributed by atoms with van der Waals surface area (Å²) in [6.07, 6.45) is 0. The highest BCUT2D eigenvalue weighted by molar-refractivity contribution is 7.89. The Balaban J connectivity index is 1.98. The van der Waals surface area contributed by atoms with E-state index in [0.29, 0.717) is 18.0 Å². The Morgan fingerprint density at radius 1 is 1.00 bits per heavy atom. The van der Waals surface area contributed by atoms with Crippen molar-refractivity contribution in [3.63, 3.8) is 0 Å². The number of aryl methyl sites for hydroxylation is 2. The van der Waals surface area contributed by atoms with Gasteiger partial charge in [0.2, 0.25) is 10.0 Å². The zero-order valence-corrected chi connectivity index (χ0v) is 13.9. The molecular weight excluding hydrogens is 298 g/mol. The van der Waals surface area contributed by atoms with E-state index in [2.05, 4.69) is 0 Å². The molecule has 22 heavy (non-hydrogen) atoms. The quantitative estimate of drug-likeness (QED) is 0.822. The van der Waals surface area contributed by atoms with Gasteiger partial charge >= 0.3 is 0 Å². The van der Waals surface area contributed by atoms with Crippen molar-refractivity contribution in [3.05, 3.63) is 59.7 Å². The largest absolute Gasteiger partial charge is 0.492 e. The molecule has 0 amide bonds.